The number of ether oxygens (including phenoxy) is 1. The lowest BCUT2D eigenvalue weighted by molar-refractivity contribution is -0.153. The number of aliphatic hydroxyl groups excluding tert-OH is 3. The fraction of sp³-hybridized carbons (Fsp3) is 0.462. The lowest BCUT2D eigenvalue weighted by Gasteiger charge is -2.26. The van der Waals surface area contributed by atoms with Crippen LogP contribution in [-0.4, -0.2) is 39.6 Å². The number of cyclic esters (lactones) is 1. The predicted molar refractivity (Wildman–Crippen MR) is 62.5 cm³/mol. The average Bonchev–Trinajstić information content (AvgIpc) is 2.84. The van der Waals surface area contributed by atoms with Crippen molar-refractivity contribution in [1.29, 1.82) is 0 Å². The van der Waals surface area contributed by atoms with Gasteiger partial charge >= 0.3 is 5.97 Å². The van der Waals surface area contributed by atoms with Crippen molar-refractivity contribution in [3.63, 3.8) is 0 Å². The van der Waals surface area contributed by atoms with Gasteiger partial charge in [0.05, 0.1) is 0 Å². The molecule has 3 N–H and O–H groups in total. The van der Waals surface area contributed by atoms with Crippen LogP contribution in [0.5, 0.6) is 0 Å². The van der Waals surface area contributed by atoms with Crippen LogP contribution in [0.3, 0.4) is 0 Å². The van der Waals surface area contributed by atoms with Gasteiger partial charge in [0.25, 0.3) is 0 Å². The number of hydrogen-bond donors (Lipinski definition) is 3. The van der Waals surface area contributed by atoms with E-state index in [0.717, 1.165) is 0 Å². The summed E-state index contributed by atoms with van der Waals surface area (Å²) >= 11 is 0. The monoisotopic (exact) mass is 252 g/mol. The molecule has 0 radical (unpaired) electrons. The topological polar surface area (TPSA) is 87.0 Å². The molecule has 4 atom stereocenters. The molecule has 0 spiro atoms. The van der Waals surface area contributed by atoms with E-state index in [1.54, 1.807) is 30.3 Å². The third-order valence-corrected chi connectivity index (χ3v) is 3.11. The first-order chi connectivity index (χ1) is 8.59. The van der Waals surface area contributed by atoms with Gasteiger partial charge in [0.15, 0.2) is 0 Å². The van der Waals surface area contributed by atoms with E-state index in [1.807, 2.05) is 0 Å². The van der Waals surface area contributed by atoms with Crippen LogP contribution >= 0.6 is 0 Å². The summed E-state index contributed by atoms with van der Waals surface area (Å²) in [6.45, 7) is 0. The van der Waals surface area contributed by atoms with Crippen LogP contribution in [-0.2, 0) is 9.53 Å². The van der Waals surface area contributed by atoms with Crippen molar-refractivity contribution in [2.75, 3.05) is 0 Å². The van der Waals surface area contributed by atoms with Crippen LogP contribution in [0.15, 0.2) is 30.3 Å². The Kier molecular flexibility index (Phi) is 3.96. The summed E-state index contributed by atoms with van der Waals surface area (Å²) in [4.78, 5) is 10.9. The highest BCUT2D eigenvalue weighted by Crippen LogP contribution is 2.25. The molecule has 1 fully saturated rings. The molecule has 18 heavy (non-hydrogen) atoms. The Balaban J connectivity index is 2.02. The van der Waals surface area contributed by atoms with Crippen LogP contribution < -0.4 is 0 Å². The standard InChI is InChI=1S/C13H16O5/c14-10-7-6-9(18-10)12(16)13(17)11(15)8-4-2-1-3-5-8/h1-5,9,11-13,15-17H,6-7H2/t9-,11+,12+,13+/m0/s1. The molecule has 1 aliphatic rings. The van der Waals surface area contributed by atoms with Crippen molar-refractivity contribution < 1.29 is 24.9 Å². The lowest BCUT2D eigenvalue weighted by Crippen LogP contribution is -2.40. The van der Waals surface area contributed by atoms with Crippen LogP contribution in [0.4, 0.5) is 0 Å². The van der Waals surface area contributed by atoms with Gasteiger partial charge in [0.1, 0.15) is 24.4 Å². The zero-order chi connectivity index (χ0) is 13.1. The van der Waals surface area contributed by atoms with Gasteiger partial charge in [-0.25, -0.2) is 0 Å². The summed E-state index contributed by atoms with van der Waals surface area (Å²) in [6, 6.07) is 8.56. The highest BCUT2D eigenvalue weighted by molar-refractivity contribution is 5.71. The summed E-state index contributed by atoms with van der Waals surface area (Å²) in [7, 11) is 0. The zero-order valence-electron chi connectivity index (χ0n) is 9.77. The molecule has 0 aromatic heterocycles. The van der Waals surface area contributed by atoms with Crippen molar-refractivity contribution in [2.24, 2.45) is 0 Å². The number of carbonyl (C=O) groups is 1. The fourth-order valence-corrected chi connectivity index (χ4v) is 2.04. The van der Waals surface area contributed by atoms with E-state index in [9.17, 15) is 20.1 Å². The Morgan fingerprint density at radius 1 is 1.17 bits per heavy atom. The van der Waals surface area contributed by atoms with Crippen LogP contribution in [0.1, 0.15) is 24.5 Å². The number of aliphatic hydroxyl groups is 3. The average molecular weight is 252 g/mol. The van der Waals surface area contributed by atoms with E-state index in [1.165, 1.54) is 0 Å². The van der Waals surface area contributed by atoms with Crippen molar-refractivity contribution in [2.45, 2.75) is 37.3 Å². The smallest absolute Gasteiger partial charge is 0.306 e. The van der Waals surface area contributed by atoms with Gasteiger partial charge in [0.2, 0.25) is 0 Å². The summed E-state index contributed by atoms with van der Waals surface area (Å²) in [5, 5.41) is 29.7. The van der Waals surface area contributed by atoms with E-state index in [-0.39, 0.29) is 12.4 Å². The fourth-order valence-electron chi connectivity index (χ4n) is 2.04. The molecule has 1 saturated heterocycles. The highest BCUT2D eigenvalue weighted by Gasteiger charge is 2.37. The van der Waals surface area contributed by atoms with Crippen molar-refractivity contribution >= 4 is 5.97 Å². The Hall–Kier alpha value is -1.43. The summed E-state index contributed by atoms with van der Waals surface area (Å²) in [6.07, 6.45) is -4.03. The first-order valence-corrected chi connectivity index (χ1v) is 5.88. The second-order valence-electron chi connectivity index (χ2n) is 4.40. The quantitative estimate of drug-likeness (QED) is 0.664. The Bertz CT molecular complexity index is 405. The number of benzene rings is 1. The van der Waals surface area contributed by atoms with E-state index in [0.29, 0.717) is 12.0 Å². The molecule has 1 aromatic rings. The number of rotatable bonds is 4. The zero-order valence-corrected chi connectivity index (χ0v) is 9.77. The molecule has 2 rings (SSSR count). The number of esters is 1. The van der Waals surface area contributed by atoms with Crippen LogP contribution in [0.2, 0.25) is 0 Å². The predicted octanol–water partition coefficient (Wildman–Crippen LogP) is 0.147. The normalized spacial score (nSPS) is 24.4. The molecular weight excluding hydrogens is 236 g/mol. The molecule has 0 amide bonds. The minimum atomic E-state index is -1.39. The van der Waals surface area contributed by atoms with Crippen molar-refractivity contribution in [3.05, 3.63) is 35.9 Å². The minimum Gasteiger partial charge on any atom is -0.459 e. The van der Waals surface area contributed by atoms with Crippen molar-refractivity contribution in [1.82, 2.24) is 0 Å². The van der Waals surface area contributed by atoms with Gasteiger partial charge in [-0.05, 0) is 12.0 Å². The van der Waals surface area contributed by atoms with Crippen molar-refractivity contribution in [3.8, 4) is 0 Å². The minimum absolute atomic E-state index is 0.232. The van der Waals surface area contributed by atoms with E-state index in [2.05, 4.69) is 0 Å². The maximum absolute atomic E-state index is 10.9. The maximum Gasteiger partial charge on any atom is 0.306 e. The van der Waals surface area contributed by atoms with Gasteiger partial charge < -0.3 is 20.1 Å². The Morgan fingerprint density at radius 2 is 1.83 bits per heavy atom. The summed E-state index contributed by atoms with van der Waals surface area (Å²) in [5.74, 6) is -0.388. The van der Waals surface area contributed by atoms with Gasteiger partial charge in [-0.1, -0.05) is 30.3 Å². The van der Waals surface area contributed by atoms with Crippen LogP contribution in [0, 0.1) is 0 Å². The third kappa shape index (κ3) is 2.69. The molecule has 1 aliphatic heterocycles. The SMILES string of the molecule is O=C1CC[C@@H]([C@@H](O)[C@H](O)[C@H](O)c2ccccc2)O1. The Labute approximate surface area is 105 Å². The van der Waals surface area contributed by atoms with Gasteiger partial charge in [-0.15, -0.1) is 0 Å². The van der Waals surface area contributed by atoms with Crippen LogP contribution in [0.25, 0.3) is 0 Å². The molecule has 0 unspecified atom stereocenters. The van der Waals surface area contributed by atoms with Gasteiger partial charge in [0, 0.05) is 6.42 Å². The number of carbonyl (C=O) groups excluding carboxylic acids is 1. The van der Waals surface area contributed by atoms with Gasteiger partial charge in [-0.2, -0.15) is 0 Å². The summed E-state index contributed by atoms with van der Waals surface area (Å²) < 4.78 is 4.87. The molecular formula is C13H16O5. The molecule has 0 saturated carbocycles. The van der Waals surface area contributed by atoms with E-state index >= 15 is 0 Å². The molecule has 5 heteroatoms. The lowest BCUT2D eigenvalue weighted by atomic mass is 9.96. The van der Waals surface area contributed by atoms with E-state index in [4.69, 9.17) is 4.74 Å². The molecule has 0 bridgehead atoms. The molecule has 5 nitrogen and oxygen atoms in total. The first kappa shape index (κ1) is 13.0. The second-order valence-corrected chi connectivity index (χ2v) is 4.40. The second kappa shape index (κ2) is 5.48. The molecule has 98 valence electrons. The third-order valence-electron chi connectivity index (χ3n) is 3.11. The largest absolute Gasteiger partial charge is 0.459 e. The summed E-state index contributed by atoms with van der Waals surface area (Å²) in [5.41, 5.74) is 0.508. The highest BCUT2D eigenvalue weighted by atomic mass is 16.6. The Morgan fingerprint density at radius 3 is 2.39 bits per heavy atom. The molecule has 1 aromatic carbocycles. The number of hydrogen-bond acceptors (Lipinski definition) is 5. The maximum atomic E-state index is 10.9. The van der Waals surface area contributed by atoms with Gasteiger partial charge in [-0.3, -0.25) is 4.79 Å². The molecule has 1 heterocycles. The van der Waals surface area contributed by atoms with E-state index < -0.39 is 24.4 Å². The first-order valence-electron chi connectivity index (χ1n) is 5.88. The molecule has 0 aliphatic carbocycles.